The van der Waals surface area contributed by atoms with Crippen molar-refractivity contribution in [2.75, 3.05) is 6.61 Å². The van der Waals surface area contributed by atoms with Crippen LogP contribution in [0.2, 0.25) is 0 Å². The molecule has 1 saturated carbocycles. The second kappa shape index (κ2) is 5.38. The van der Waals surface area contributed by atoms with E-state index < -0.39 is 35.9 Å². The average Bonchev–Trinajstić information content (AvgIpc) is 3.16. The van der Waals surface area contributed by atoms with E-state index in [0.29, 0.717) is 0 Å². The third kappa shape index (κ3) is 3.01. The fourth-order valence-electron chi connectivity index (χ4n) is 2.20. The molecule has 0 spiro atoms. The van der Waals surface area contributed by atoms with Crippen molar-refractivity contribution in [3.05, 3.63) is 35.9 Å². The highest BCUT2D eigenvalue weighted by Crippen LogP contribution is 2.54. The summed E-state index contributed by atoms with van der Waals surface area (Å²) in [5.41, 5.74) is -1.81. The Morgan fingerprint density at radius 1 is 1.33 bits per heavy atom. The quantitative estimate of drug-likeness (QED) is 0.868. The largest absolute Gasteiger partial charge is 0.464 e. The van der Waals surface area contributed by atoms with Crippen LogP contribution in [0.5, 0.6) is 0 Å². The number of esters is 1. The van der Waals surface area contributed by atoms with Gasteiger partial charge in [0.25, 0.3) is 5.91 Å². The lowest BCUT2D eigenvalue weighted by Gasteiger charge is -2.19. The van der Waals surface area contributed by atoms with Gasteiger partial charge in [-0.1, -0.05) is 18.2 Å². The smallest absolute Gasteiger partial charge is 0.394 e. The van der Waals surface area contributed by atoms with E-state index in [2.05, 4.69) is 10.1 Å². The van der Waals surface area contributed by atoms with Crippen LogP contribution in [0.4, 0.5) is 13.2 Å². The first-order chi connectivity index (χ1) is 9.81. The Morgan fingerprint density at radius 2 is 1.95 bits per heavy atom. The molecule has 1 amide bonds. The Bertz CT molecular complexity index is 544. The lowest BCUT2D eigenvalue weighted by atomic mass is 10.1. The third-order valence-corrected chi connectivity index (χ3v) is 3.37. The molecule has 2 rings (SSSR count). The van der Waals surface area contributed by atoms with E-state index >= 15 is 0 Å². The van der Waals surface area contributed by atoms with Crippen molar-refractivity contribution in [1.82, 2.24) is 5.32 Å². The summed E-state index contributed by atoms with van der Waals surface area (Å²) < 4.78 is 43.2. The minimum absolute atomic E-state index is 0.0492. The van der Waals surface area contributed by atoms with Gasteiger partial charge in [-0.2, -0.15) is 13.2 Å². The SMILES string of the molecule is CCOC(=O)C1(NC(=O)c2ccccc2)CC1C(F)(F)F. The third-order valence-electron chi connectivity index (χ3n) is 3.37. The molecule has 1 aliphatic carbocycles. The number of ether oxygens (including phenoxy) is 1. The van der Waals surface area contributed by atoms with Crippen LogP contribution in [0.15, 0.2) is 30.3 Å². The summed E-state index contributed by atoms with van der Waals surface area (Å²) >= 11 is 0. The lowest BCUT2D eigenvalue weighted by molar-refractivity contribution is -0.166. The topological polar surface area (TPSA) is 55.4 Å². The van der Waals surface area contributed by atoms with E-state index in [4.69, 9.17) is 0 Å². The number of nitrogens with one attached hydrogen (secondary N) is 1. The van der Waals surface area contributed by atoms with Crippen LogP contribution in [-0.2, 0) is 9.53 Å². The maximum absolute atomic E-state index is 12.8. The number of amides is 1. The van der Waals surface area contributed by atoms with Gasteiger partial charge < -0.3 is 10.1 Å². The first-order valence-electron chi connectivity index (χ1n) is 6.42. The summed E-state index contributed by atoms with van der Waals surface area (Å²) in [4.78, 5) is 23.8. The minimum atomic E-state index is -4.56. The Morgan fingerprint density at radius 3 is 2.43 bits per heavy atom. The van der Waals surface area contributed by atoms with Gasteiger partial charge in [0, 0.05) is 5.56 Å². The molecule has 4 nitrogen and oxygen atoms in total. The molecule has 0 aromatic heterocycles. The molecule has 1 fully saturated rings. The first kappa shape index (κ1) is 15.3. The normalized spacial score (nSPS) is 24.3. The predicted octanol–water partition coefficient (Wildman–Crippen LogP) is 2.30. The zero-order valence-corrected chi connectivity index (χ0v) is 11.2. The van der Waals surface area contributed by atoms with Gasteiger partial charge in [-0.15, -0.1) is 0 Å². The molecule has 0 bridgehead atoms. The highest BCUT2D eigenvalue weighted by molar-refractivity contribution is 5.99. The van der Waals surface area contributed by atoms with Gasteiger partial charge in [-0.25, -0.2) is 4.79 Å². The van der Waals surface area contributed by atoms with Crippen molar-refractivity contribution in [3.8, 4) is 0 Å². The molecule has 1 aromatic rings. The zero-order valence-electron chi connectivity index (χ0n) is 11.2. The highest BCUT2D eigenvalue weighted by Gasteiger charge is 2.72. The van der Waals surface area contributed by atoms with Crippen LogP contribution in [0, 0.1) is 5.92 Å². The number of carbonyl (C=O) groups is 2. The molecule has 0 saturated heterocycles. The van der Waals surface area contributed by atoms with Crippen molar-refractivity contribution >= 4 is 11.9 Å². The Kier molecular flexibility index (Phi) is 3.93. The van der Waals surface area contributed by atoms with Crippen LogP contribution in [-0.4, -0.2) is 30.2 Å². The summed E-state index contributed by atoms with van der Waals surface area (Å²) in [5, 5.41) is 2.19. The van der Waals surface area contributed by atoms with E-state index in [0.717, 1.165) is 0 Å². The number of hydrogen-bond donors (Lipinski definition) is 1. The fraction of sp³-hybridized carbons (Fsp3) is 0.429. The molecule has 1 aromatic carbocycles. The maximum atomic E-state index is 12.8. The second-order valence-corrected chi connectivity index (χ2v) is 4.81. The van der Waals surface area contributed by atoms with Gasteiger partial charge >= 0.3 is 12.1 Å². The van der Waals surface area contributed by atoms with Gasteiger partial charge in [-0.3, -0.25) is 4.79 Å². The van der Waals surface area contributed by atoms with Crippen LogP contribution in [0.1, 0.15) is 23.7 Å². The second-order valence-electron chi connectivity index (χ2n) is 4.81. The molecule has 1 N–H and O–H groups in total. The lowest BCUT2D eigenvalue weighted by Crippen LogP contribution is -2.48. The van der Waals surface area contributed by atoms with Crippen molar-refractivity contribution in [2.45, 2.75) is 25.1 Å². The van der Waals surface area contributed by atoms with E-state index in [9.17, 15) is 22.8 Å². The first-order valence-corrected chi connectivity index (χ1v) is 6.42. The van der Waals surface area contributed by atoms with Crippen LogP contribution >= 0.6 is 0 Å². The van der Waals surface area contributed by atoms with Gasteiger partial charge in [0.1, 0.15) is 0 Å². The van der Waals surface area contributed by atoms with E-state index in [1.165, 1.54) is 19.1 Å². The number of rotatable bonds is 4. The van der Waals surface area contributed by atoms with E-state index in [1.807, 2.05) is 0 Å². The summed E-state index contributed by atoms with van der Waals surface area (Å²) in [6, 6.07) is 7.76. The number of halogens is 3. The average molecular weight is 301 g/mol. The summed E-state index contributed by atoms with van der Waals surface area (Å²) in [6.07, 6.45) is -5.05. The van der Waals surface area contributed by atoms with Crippen LogP contribution in [0.3, 0.4) is 0 Å². The molecule has 114 valence electrons. The van der Waals surface area contributed by atoms with Crippen molar-refractivity contribution in [3.63, 3.8) is 0 Å². The van der Waals surface area contributed by atoms with E-state index in [-0.39, 0.29) is 12.2 Å². The number of hydrogen-bond acceptors (Lipinski definition) is 3. The van der Waals surface area contributed by atoms with Crippen molar-refractivity contribution in [1.29, 1.82) is 0 Å². The molecule has 2 unspecified atom stereocenters. The van der Waals surface area contributed by atoms with Crippen molar-refractivity contribution < 1.29 is 27.5 Å². The maximum Gasteiger partial charge on any atom is 0.394 e. The van der Waals surface area contributed by atoms with Gasteiger partial charge in [0.05, 0.1) is 12.5 Å². The Hall–Kier alpha value is -2.05. The van der Waals surface area contributed by atoms with Gasteiger partial charge in [0.15, 0.2) is 5.54 Å². The number of carbonyl (C=O) groups excluding carboxylic acids is 2. The molecule has 2 atom stereocenters. The van der Waals surface area contributed by atoms with Crippen LogP contribution in [0.25, 0.3) is 0 Å². The molecule has 1 aliphatic rings. The molecule has 0 radical (unpaired) electrons. The Balaban J connectivity index is 2.19. The minimum Gasteiger partial charge on any atom is -0.464 e. The van der Waals surface area contributed by atoms with Gasteiger partial charge in [0.2, 0.25) is 0 Å². The molecule has 21 heavy (non-hydrogen) atoms. The van der Waals surface area contributed by atoms with Crippen LogP contribution < -0.4 is 5.32 Å². The zero-order chi connectivity index (χ0) is 15.7. The summed E-state index contributed by atoms with van der Waals surface area (Å²) in [5.74, 6) is -3.68. The summed E-state index contributed by atoms with van der Waals surface area (Å²) in [7, 11) is 0. The van der Waals surface area contributed by atoms with E-state index in [1.54, 1.807) is 18.2 Å². The number of alkyl halides is 3. The number of benzene rings is 1. The molecule has 0 heterocycles. The predicted molar refractivity (Wildman–Crippen MR) is 67.4 cm³/mol. The molecular weight excluding hydrogens is 287 g/mol. The summed E-state index contributed by atoms with van der Waals surface area (Å²) in [6.45, 7) is 1.45. The molecule has 0 aliphatic heterocycles. The van der Waals surface area contributed by atoms with Gasteiger partial charge in [-0.05, 0) is 25.5 Å². The van der Waals surface area contributed by atoms with Crippen molar-refractivity contribution in [2.24, 2.45) is 5.92 Å². The highest BCUT2D eigenvalue weighted by atomic mass is 19.4. The molecular formula is C14H14F3NO3. The molecule has 7 heteroatoms. The standard InChI is InChI=1S/C14H14F3NO3/c1-2-21-12(20)13(8-10(13)14(15,16)17)18-11(19)9-6-4-3-5-7-9/h3-7,10H,2,8H2,1H3,(H,18,19). The Labute approximate surface area is 119 Å². The fourth-order valence-corrected chi connectivity index (χ4v) is 2.20. The monoisotopic (exact) mass is 301 g/mol.